The summed E-state index contributed by atoms with van der Waals surface area (Å²) < 4.78 is 0. The molecule has 1 saturated heterocycles. The minimum Gasteiger partial charge on any atom is -0.376 e. The molecular weight excluding hydrogens is 452 g/mol. The number of hydrogen-bond donors (Lipinski definition) is 3. The lowest BCUT2D eigenvalue weighted by Gasteiger charge is -2.20. The third-order valence-corrected chi connectivity index (χ3v) is 6.18. The number of nitrogens with one attached hydrogen (secondary N) is 3. The van der Waals surface area contributed by atoms with Crippen molar-refractivity contribution in [2.24, 2.45) is 0 Å². The van der Waals surface area contributed by atoms with Gasteiger partial charge < -0.3 is 20.9 Å². The highest BCUT2D eigenvalue weighted by molar-refractivity contribution is 6.04. The van der Waals surface area contributed by atoms with Crippen LogP contribution in [0.25, 0.3) is 0 Å². The summed E-state index contributed by atoms with van der Waals surface area (Å²) in [6.07, 6.45) is 4.49. The highest BCUT2D eigenvalue weighted by Crippen LogP contribution is 2.17. The van der Waals surface area contributed by atoms with E-state index in [9.17, 15) is 14.4 Å². The molecule has 3 amide bonds. The number of carbonyl (C=O) groups excluding carboxylic acids is 3. The maximum absolute atomic E-state index is 12.7. The van der Waals surface area contributed by atoms with Gasteiger partial charge in [-0.25, -0.2) is 0 Å². The van der Waals surface area contributed by atoms with Crippen molar-refractivity contribution in [3.63, 3.8) is 0 Å². The molecule has 0 saturated carbocycles. The summed E-state index contributed by atoms with van der Waals surface area (Å²) in [5.74, 6) is -0.310. The number of hydrogen-bond acceptors (Lipinski definition) is 4. The molecule has 0 unspecified atom stereocenters. The minimum absolute atomic E-state index is 0.0692. The third-order valence-electron chi connectivity index (χ3n) is 6.18. The molecule has 0 atom stereocenters. The number of carbonyl (C=O) groups is 3. The average Bonchev–Trinajstić information content (AvgIpc) is 3.18. The van der Waals surface area contributed by atoms with Crippen LogP contribution in [0.4, 0.5) is 17.1 Å². The Morgan fingerprint density at radius 1 is 0.722 bits per heavy atom. The molecule has 0 aromatic heterocycles. The van der Waals surface area contributed by atoms with E-state index in [-0.39, 0.29) is 24.3 Å². The Bertz CT molecular complexity index is 1200. The van der Waals surface area contributed by atoms with Crippen molar-refractivity contribution in [3.05, 3.63) is 89.5 Å². The van der Waals surface area contributed by atoms with E-state index < -0.39 is 0 Å². The average molecular weight is 485 g/mol. The first kappa shape index (κ1) is 25.0. The SMILES string of the molecule is Cc1cccc(C(=O)Nc2ccc(NC(=O)CNc3ccc(C(=O)N4CCCCCC4)cc3)cc2)c1. The number of aryl methyl sites for hydroxylation is 1. The Morgan fingerprint density at radius 3 is 1.97 bits per heavy atom. The molecule has 186 valence electrons. The van der Waals surface area contributed by atoms with Crippen molar-refractivity contribution < 1.29 is 14.4 Å². The summed E-state index contributed by atoms with van der Waals surface area (Å²) in [5, 5.41) is 8.78. The number of anilines is 3. The van der Waals surface area contributed by atoms with Gasteiger partial charge in [-0.3, -0.25) is 14.4 Å². The van der Waals surface area contributed by atoms with Crippen molar-refractivity contribution in [2.75, 3.05) is 35.6 Å². The zero-order valence-electron chi connectivity index (χ0n) is 20.5. The molecular formula is C29H32N4O3. The number of benzene rings is 3. The van der Waals surface area contributed by atoms with Gasteiger partial charge in [0.2, 0.25) is 5.91 Å². The van der Waals surface area contributed by atoms with Gasteiger partial charge in [0.25, 0.3) is 11.8 Å². The van der Waals surface area contributed by atoms with E-state index in [0.29, 0.717) is 22.5 Å². The van der Waals surface area contributed by atoms with E-state index in [1.54, 1.807) is 42.5 Å². The summed E-state index contributed by atoms with van der Waals surface area (Å²) in [7, 11) is 0. The lowest BCUT2D eigenvalue weighted by molar-refractivity contribution is -0.114. The molecule has 0 aliphatic carbocycles. The van der Waals surface area contributed by atoms with Crippen molar-refractivity contribution in [1.29, 1.82) is 0 Å². The molecule has 0 spiro atoms. The number of likely N-dealkylation sites (tertiary alicyclic amines) is 1. The Morgan fingerprint density at radius 2 is 1.33 bits per heavy atom. The lowest BCUT2D eigenvalue weighted by Crippen LogP contribution is -2.31. The van der Waals surface area contributed by atoms with Crippen LogP contribution in [0.2, 0.25) is 0 Å². The van der Waals surface area contributed by atoms with Crippen LogP contribution < -0.4 is 16.0 Å². The van der Waals surface area contributed by atoms with Crippen LogP contribution in [0, 0.1) is 6.92 Å². The molecule has 1 aliphatic rings. The summed E-state index contributed by atoms with van der Waals surface area (Å²) in [4.78, 5) is 39.4. The molecule has 7 nitrogen and oxygen atoms in total. The van der Waals surface area contributed by atoms with Gasteiger partial charge in [-0.05, 0) is 80.4 Å². The van der Waals surface area contributed by atoms with Gasteiger partial charge >= 0.3 is 0 Å². The maximum atomic E-state index is 12.7. The van der Waals surface area contributed by atoms with Crippen LogP contribution in [0.1, 0.15) is 52.0 Å². The molecule has 36 heavy (non-hydrogen) atoms. The topological polar surface area (TPSA) is 90.5 Å². The fourth-order valence-corrected chi connectivity index (χ4v) is 4.20. The molecule has 7 heteroatoms. The summed E-state index contributed by atoms with van der Waals surface area (Å²) >= 11 is 0. The Labute approximate surface area is 211 Å². The monoisotopic (exact) mass is 484 g/mol. The van der Waals surface area contributed by atoms with Crippen molar-refractivity contribution in [2.45, 2.75) is 32.6 Å². The normalized spacial score (nSPS) is 13.4. The van der Waals surface area contributed by atoms with Crippen molar-refractivity contribution in [1.82, 2.24) is 4.90 Å². The summed E-state index contributed by atoms with van der Waals surface area (Å²) in [6, 6.07) is 21.6. The fraction of sp³-hybridized carbons (Fsp3) is 0.276. The summed E-state index contributed by atoms with van der Waals surface area (Å²) in [6.45, 7) is 3.67. The van der Waals surface area contributed by atoms with Crippen molar-refractivity contribution in [3.8, 4) is 0 Å². The van der Waals surface area contributed by atoms with E-state index in [2.05, 4.69) is 16.0 Å². The Balaban J connectivity index is 1.24. The zero-order valence-corrected chi connectivity index (χ0v) is 20.5. The van der Waals surface area contributed by atoms with Gasteiger partial charge in [-0.15, -0.1) is 0 Å². The molecule has 1 fully saturated rings. The maximum Gasteiger partial charge on any atom is 0.255 e. The molecule has 0 radical (unpaired) electrons. The van der Waals surface area contributed by atoms with Gasteiger partial charge in [0.1, 0.15) is 0 Å². The molecule has 3 aromatic rings. The smallest absolute Gasteiger partial charge is 0.255 e. The Hall–Kier alpha value is -4.13. The standard InChI is InChI=1S/C29H32N4O3/c1-21-7-6-8-23(19-21)28(35)32-26-15-13-25(14-16-26)31-27(34)20-30-24-11-9-22(10-12-24)29(36)33-17-4-2-3-5-18-33/h6-16,19,30H,2-5,17-18,20H2,1H3,(H,31,34)(H,32,35). The molecule has 3 aromatic carbocycles. The van der Waals surface area contributed by atoms with Crippen LogP contribution in [0.15, 0.2) is 72.8 Å². The predicted octanol–water partition coefficient (Wildman–Crippen LogP) is 5.31. The van der Waals surface area contributed by atoms with Gasteiger partial charge in [-0.1, -0.05) is 30.5 Å². The third kappa shape index (κ3) is 6.95. The lowest BCUT2D eigenvalue weighted by atomic mass is 10.1. The molecule has 1 aliphatic heterocycles. The van der Waals surface area contributed by atoms with E-state index in [0.717, 1.165) is 37.2 Å². The van der Waals surface area contributed by atoms with Crippen LogP contribution in [-0.2, 0) is 4.79 Å². The van der Waals surface area contributed by atoms with Crippen LogP contribution in [-0.4, -0.2) is 42.3 Å². The molecule has 0 bridgehead atoms. The molecule has 1 heterocycles. The van der Waals surface area contributed by atoms with E-state index in [1.165, 1.54) is 12.8 Å². The number of rotatable bonds is 7. The quantitative estimate of drug-likeness (QED) is 0.424. The molecule has 4 rings (SSSR count). The highest BCUT2D eigenvalue weighted by Gasteiger charge is 2.17. The first-order valence-electron chi connectivity index (χ1n) is 12.4. The second kappa shape index (κ2) is 12.0. The Kier molecular flexibility index (Phi) is 8.34. The van der Waals surface area contributed by atoms with Crippen LogP contribution in [0.3, 0.4) is 0 Å². The zero-order chi connectivity index (χ0) is 25.3. The van der Waals surface area contributed by atoms with Gasteiger partial charge in [0.05, 0.1) is 6.54 Å². The second-order valence-electron chi connectivity index (χ2n) is 9.09. The first-order valence-corrected chi connectivity index (χ1v) is 12.4. The van der Waals surface area contributed by atoms with E-state index in [4.69, 9.17) is 0 Å². The van der Waals surface area contributed by atoms with Gasteiger partial charge in [0.15, 0.2) is 0 Å². The van der Waals surface area contributed by atoms with Gasteiger partial charge in [0, 0.05) is 41.3 Å². The van der Waals surface area contributed by atoms with E-state index in [1.807, 2.05) is 42.2 Å². The summed E-state index contributed by atoms with van der Waals surface area (Å²) in [5.41, 5.74) is 4.33. The highest BCUT2D eigenvalue weighted by atomic mass is 16.2. The van der Waals surface area contributed by atoms with Crippen molar-refractivity contribution >= 4 is 34.8 Å². The first-order chi connectivity index (χ1) is 17.5. The van der Waals surface area contributed by atoms with Crippen LogP contribution >= 0.6 is 0 Å². The number of amides is 3. The van der Waals surface area contributed by atoms with Gasteiger partial charge in [-0.2, -0.15) is 0 Å². The fourth-order valence-electron chi connectivity index (χ4n) is 4.20. The minimum atomic E-state index is -0.198. The predicted molar refractivity (Wildman–Crippen MR) is 144 cm³/mol. The second-order valence-corrected chi connectivity index (χ2v) is 9.09. The molecule has 3 N–H and O–H groups in total. The largest absolute Gasteiger partial charge is 0.376 e. The number of nitrogens with zero attached hydrogens (tertiary/aromatic N) is 1. The van der Waals surface area contributed by atoms with Crippen LogP contribution in [0.5, 0.6) is 0 Å². The van der Waals surface area contributed by atoms with E-state index >= 15 is 0 Å².